The molecule has 0 radical (unpaired) electrons. The molecule has 0 spiro atoms. The first-order valence-electron chi connectivity index (χ1n) is 5.40. The van der Waals surface area contributed by atoms with Gasteiger partial charge in [-0.1, -0.05) is 11.3 Å². The minimum atomic E-state index is -0.565. The number of esters is 1. The molecule has 0 aliphatic heterocycles. The minimum Gasteiger partial charge on any atom is -0.464 e. The number of Topliss-reactive ketones (excluding diaryl/α,β-unsaturated/α-hetero) is 1. The lowest BCUT2D eigenvalue weighted by Crippen LogP contribution is -2.21. The van der Waals surface area contributed by atoms with Gasteiger partial charge in [0.05, 0.1) is 7.11 Å². The van der Waals surface area contributed by atoms with E-state index in [4.69, 9.17) is 0 Å². The molecular formula is C11H16N2O3S. The van der Waals surface area contributed by atoms with Crippen molar-refractivity contribution in [2.24, 2.45) is 0 Å². The van der Waals surface area contributed by atoms with E-state index in [0.29, 0.717) is 10.0 Å². The first-order chi connectivity index (χ1) is 8.04. The standard InChI is InChI=1S/C11H16N2O3S/c1-5-13(6-2)11-12-8(10(15)16-4)9(17-11)7(3)14/h5-6H2,1-4H3. The average Bonchev–Trinajstić information content (AvgIpc) is 2.75. The third-order valence-electron chi connectivity index (χ3n) is 2.35. The molecule has 0 aliphatic rings. The summed E-state index contributed by atoms with van der Waals surface area (Å²) >= 11 is 1.23. The number of hydrogen-bond donors (Lipinski definition) is 0. The predicted octanol–water partition coefficient (Wildman–Crippen LogP) is 1.98. The van der Waals surface area contributed by atoms with Crippen molar-refractivity contribution < 1.29 is 14.3 Å². The summed E-state index contributed by atoms with van der Waals surface area (Å²) in [5, 5.41) is 0.681. The number of carbonyl (C=O) groups excluding carboxylic acids is 2. The summed E-state index contributed by atoms with van der Waals surface area (Å²) in [7, 11) is 1.28. The molecular weight excluding hydrogens is 240 g/mol. The second kappa shape index (κ2) is 5.77. The van der Waals surface area contributed by atoms with Crippen LogP contribution in [0.3, 0.4) is 0 Å². The van der Waals surface area contributed by atoms with Gasteiger partial charge in [0.1, 0.15) is 4.88 Å². The first kappa shape index (κ1) is 13.6. The second-order valence-corrected chi connectivity index (χ2v) is 4.37. The zero-order valence-electron chi connectivity index (χ0n) is 10.4. The fourth-order valence-corrected chi connectivity index (χ4v) is 2.49. The summed E-state index contributed by atoms with van der Waals surface area (Å²) in [6.07, 6.45) is 0. The average molecular weight is 256 g/mol. The van der Waals surface area contributed by atoms with Crippen LogP contribution in [0.25, 0.3) is 0 Å². The monoisotopic (exact) mass is 256 g/mol. The van der Waals surface area contributed by atoms with Crippen molar-refractivity contribution in [1.29, 1.82) is 0 Å². The van der Waals surface area contributed by atoms with Crippen molar-refractivity contribution in [3.8, 4) is 0 Å². The van der Waals surface area contributed by atoms with Gasteiger partial charge >= 0.3 is 5.97 Å². The van der Waals surface area contributed by atoms with Crippen molar-refractivity contribution >= 4 is 28.2 Å². The van der Waals surface area contributed by atoms with Gasteiger partial charge in [0.25, 0.3) is 0 Å². The summed E-state index contributed by atoms with van der Waals surface area (Å²) in [6.45, 7) is 6.97. The fourth-order valence-electron chi connectivity index (χ4n) is 1.41. The van der Waals surface area contributed by atoms with Gasteiger partial charge in [-0.3, -0.25) is 4.79 Å². The van der Waals surface area contributed by atoms with Crippen LogP contribution < -0.4 is 4.90 Å². The summed E-state index contributed by atoms with van der Waals surface area (Å²) < 4.78 is 4.62. The number of ether oxygens (including phenoxy) is 1. The molecule has 1 rings (SSSR count). The number of nitrogens with zero attached hydrogens (tertiary/aromatic N) is 2. The Morgan fingerprint density at radius 1 is 1.35 bits per heavy atom. The minimum absolute atomic E-state index is 0.118. The van der Waals surface area contributed by atoms with Gasteiger partial charge < -0.3 is 9.64 Å². The quantitative estimate of drug-likeness (QED) is 0.595. The first-order valence-corrected chi connectivity index (χ1v) is 6.21. The van der Waals surface area contributed by atoms with E-state index in [0.717, 1.165) is 13.1 Å². The van der Waals surface area contributed by atoms with Gasteiger partial charge in [0, 0.05) is 20.0 Å². The van der Waals surface area contributed by atoms with Gasteiger partial charge in [-0.2, -0.15) is 0 Å². The van der Waals surface area contributed by atoms with Gasteiger partial charge in [0.2, 0.25) is 0 Å². The van der Waals surface area contributed by atoms with Crippen molar-refractivity contribution in [2.75, 3.05) is 25.1 Å². The smallest absolute Gasteiger partial charge is 0.358 e. The second-order valence-electron chi connectivity index (χ2n) is 3.39. The summed E-state index contributed by atoms with van der Waals surface area (Å²) in [5.41, 5.74) is 0.118. The van der Waals surface area contributed by atoms with Crippen molar-refractivity contribution in [3.05, 3.63) is 10.6 Å². The Labute approximate surface area is 104 Å². The predicted molar refractivity (Wildman–Crippen MR) is 67.0 cm³/mol. The molecule has 1 aromatic rings. The molecule has 0 bridgehead atoms. The number of ketones is 1. The Hall–Kier alpha value is -1.43. The molecule has 0 amide bonds. The third kappa shape index (κ3) is 2.82. The maximum atomic E-state index is 11.5. The molecule has 5 nitrogen and oxygen atoms in total. The summed E-state index contributed by atoms with van der Waals surface area (Å²) in [4.78, 5) is 29.5. The molecule has 0 fully saturated rings. The topological polar surface area (TPSA) is 59.5 Å². The highest BCUT2D eigenvalue weighted by molar-refractivity contribution is 7.17. The highest BCUT2D eigenvalue weighted by Crippen LogP contribution is 2.27. The molecule has 0 aliphatic carbocycles. The van der Waals surface area contributed by atoms with E-state index >= 15 is 0 Å². The van der Waals surface area contributed by atoms with Crippen LogP contribution >= 0.6 is 11.3 Å². The Morgan fingerprint density at radius 3 is 2.35 bits per heavy atom. The van der Waals surface area contributed by atoms with Crippen LogP contribution in [0.2, 0.25) is 0 Å². The number of hydrogen-bond acceptors (Lipinski definition) is 6. The SMILES string of the molecule is CCN(CC)c1nc(C(=O)OC)c(C(C)=O)s1. The number of aromatic nitrogens is 1. The fraction of sp³-hybridized carbons (Fsp3) is 0.545. The van der Waals surface area contributed by atoms with Crippen molar-refractivity contribution in [3.63, 3.8) is 0 Å². The van der Waals surface area contributed by atoms with Crippen molar-refractivity contribution in [1.82, 2.24) is 4.98 Å². The highest BCUT2D eigenvalue weighted by Gasteiger charge is 2.23. The molecule has 94 valence electrons. The highest BCUT2D eigenvalue weighted by atomic mass is 32.1. The van der Waals surface area contributed by atoms with Crippen LogP contribution in [0.5, 0.6) is 0 Å². The summed E-state index contributed by atoms with van der Waals surface area (Å²) in [6, 6.07) is 0. The van der Waals surface area contributed by atoms with E-state index in [9.17, 15) is 9.59 Å². The lowest BCUT2D eigenvalue weighted by atomic mass is 10.3. The van der Waals surface area contributed by atoms with E-state index < -0.39 is 5.97 Å². The maximum absolute atomic E-state index is 11.5. The molecule has 1 heterocycles. The Bertz CT molecular complexity index is 424. The lowest BCUT2D eigenvalue weighted by molar-refractivity contribution is 0.0591. The molecule has 1 aromatic heterocycles. The van der Waals surface area contributed by atoms with E-state index in [1.165, 1.54) is 25.4 Å². The third-order valence-corrected chi connectivity index (χ3v) is 3.57. The number of anilines is 1. The molecule has 0 N–H and O–H groups in total. The van der Waals surface area contributed by atoms with Gasteiger partial charge in [-0.25, -0.2) is 9.78 Å². The van der Waals surface area contributed by atoms with Crippen LogP contribution in [0.1, 0.15) is 40.9 Å². The van der Waals surface area contributed by atoms with Crippen molar-refractivity contribution in [2.45, 2.75) is 20.8 Å². The van der Waals surface area contributed by atoms with Crippen LogP contribution in [-0.4, -0.2) is 36.9 Å². The van der Waals surface area contributed by atoms with E-state index in [1.807, 2.05) is 18.7 Å². The van der Waals surface area contributed by atoms with Crippen LogP contribution in [0.4, 0.5) is 5.13 Å². The van der Waals surface area contributed by atoms with Gasteiger partial charge in [-0.05, 0) is 13.8 Å². The Kier molecular flexibility index (Phi) is 4.62. The summed E-state index contributed by atoms with van der Waals surface area (Å²) in [5.74, 6) is -0.730. The molecule has 6 heteroatoms. The number of thiazole rings is 1. The number of methoxy groups -OCH3 is 1. The number of carbonyl (C=O) groups is 2. The lowest BCUT2D eigenvalue weighted by Gasteiger charge is -2.16. The molecule has 17 heavy (non-hydrogen) atoms. The van der Waals surface area contributed by atoms with Crippen LogP contribution in [-0.2, 0) is 4.74 Å². The van der Waals surface area contributed by atoms with E-state index in [-0.39, 0.29) is 11.5 Å². The molecule has 0 aromatic carbocycles. The molecule has 0 atom stereocenters. The van der Waals surface area contributed by atoms with E-state index in [1.54, 1.807) is 0 Å². The molecule has 0 saturated heterocycles. The maximum Gasteiger partial charge on any atom is 0.358 e. The largest absolute Gasteiger partial charge is 0.464 e. The normalized spacial score (nSPS) is 10.1. The Balaban J connectivity index is 3.20. The molecule has 0 saturated carbocycles. The van der Waals surface area contributed by atoms with E-state index in [2.05, 4.69) is 9.72 Å². The number of rotatable bonds is 5. The van der Waals surface area contributed by atoms with Crippen LogP contribution in [0.15, 0.2) is 0 Å². The Morgan fingerprint density at radius 2 is 1.94 bits per heavy atom. The van der Waals surface area contributed by atoms with Gasteiger partial charge in [0.15, 0.2) is 16.6 Å². The van der Waals surface area contributed by atoms with Gasteiger partial charge in [-0.15, -0.1) is 0 Å². The molecule has 0 unspecified atom stereocenters. The zero-order valence-corrected chi connectivity index (χ0v) is 11.3. The van der Waals surface area contributed by atoms with Crippen LogP contribution in [0, 0.1) is 0 Å². The zero-order chi connectivity index (χ0) is 13.0.